The molecule has 6 N–H and O–H groups in total. The summed E-state index contributed by atoms with van der Waals surface area (Å²) >= 11 is 0. The zero-order chi connectivity index (χ0) is 15.6. The van der Waals surface area contributed by atoms with E-state index in [4.69, 9.17) is 33.5 Å². The smallest absolute Gasteiger partial charge is 0.382 e. The van der Waals surface area contributed by atoms with E-state index >= 15 is 0 Å². The van der Waals surface area contributed by atoms with Crippen LogP contribution in [0.3, 0.4) is 0 Å². The molecule has 0 radical (unpaired) electrons. The van der Waals surface area contributed by atoms with E-state index in [0.29, 0.717) is 6.61 Å². The molecule has 10 nitrogen and oxygen atoms in total. The van der Waals surface area contributed by atoms with Crippen LogP contribution in [-0.4, -0.2) is 86.5 Å². The highest BCUT2D eigenvalue weighted by Crippen LogP contribution is 2.12. The van der Waals surface area contributed by atoms with Crippen LogP contribution in [0.2, 0.25) is 0 Å². The molecule has 1 heterocycles. The first-order valence-electron chi connectivity index (χ1n) is 5.87. The number of hydrogen-bond donors (Lipinski definition) is 6. The fraction of sp³-hybridized carbons (Fsp3) is 1.00. The summed E-state index contributed by atoms with van der Waals surface area (Å²) < 4.78 is 18.2. The standard InChI is InChI=1S/C5H12O5Si.C3H10O5Si/c6-11(7,8)10-4-5-2-1-3-9-5;1-7-2-3-8-9(4,5)6/h5-8H,1-4H2;4-6H,2-3H2,1H3. The van der Waals surface area contributed by atoms with Crippen molar-refractivity contribution in [2.45, 2.75) is 18.9 Å². The largest absolute Gasteiger partial charge is 0.671 e. The third-order valence-corrected chi connectivity index (χ3v) is 3.22. The second-order valence-corrected chi connectivity index (χ2v) is 6.81. The highest BCUT2D eigenvalue weighted by atomic mass is 28.4. The fourth-order valence-electron chi connectivity index (χ4n) is 1.24. The minimum atomic E-state index is -4.30. The van der Waals surface area contributed by atoms with Crippen molar-refractivity contribution in [1.29, 1.82) is 0 Å². The van der Waals surface area contributed by atoms with Gasteiger partial charge in [0.2, 0.25) is 0 Å². The molecule has 1 aliphatic rings. The van der Waals surface area contributed by atoms with E-state index in [9.17, 15) is 0 Å². The van der Waals surface area contributed by atoms with E-state index in [0.717, 1.165) is 12.8 Å². The molecule has 1 fully saturated rings. The van der Waals surface area contributed by atoms with Crippen molar-refractivity contribution < 1.29 is 47.1 Å². The van der Waals surface area contributed by atoms with Crippen molar-refractivity contribution in [3.05, 3.63) is 0 Å². The zero-order valence-electron chi connectivity index (χ0n) is 11.1. The molecule has 0 aromatic rings. The molecule has 1 rings (SSSR count). The van der Waals surface area contributed by atoms with Crippen LogP contribution in [0.5, 0.6) is 0 Å². The normalized spacial score (nSPS) is 19.6. The third kappa shape index (κ3) is 14.4. The lowest BCUT2D eigenvalue weighted by molar-refractivity contribution is 0.00595. The van der Waals surface area contributed by atoms with Crippen molar-refractivity contribution in [2.24, 2.45) is 0 Å². The van der Waals surface area contributed by atoms with Gasteiger partial charge in [-0.25, -0.2) is 0 Å². The molecule has 1 aliphatic heterocycles. The summed E-state index contributed by atoms with van der Waals surface area (Å²) in [6, 6.07) is 0. The molecule has 0 aromatic carbocycles. The lowest BCUT2D eigenvalue weighted by Crippen LogP contribution is -2.41. The molecular weight excluding hydrogens is 312 g/mol. The Labute approximate surface area is 118 Å². The highest BCUT2D eigenvalue weighted by molar-refractivity contribution is 6.48. The zero-order valence-corrected chi connectivity index (χ0v) is 13.1. The summed E-state index contributed by atoms with van der Waals surface area (Å²) in [5.41, 5.74) is 0. The first-order chi connectivity index (χ1) is 9.14. The van der Waals surface area contributed by atoms with Gasteiger partial charge in [-0.2, -0.15) is 0 Å². The van der Waals surface area contributed by atoms with Gasteiger partial charge in [-0.3, -0.25) is 0 Å². The van der Waals surface area contributed by atoms with Gasteiger partial charge < -0.3 is 47.1 Å². The summed E-state index contributed by atoms with van der Waals surface area (Å²) in [4.78, 5) is 50.0. The van der Waals surface area contributed by atoms with E-state index in [2.05, 4.69) is 13.6 Å². The summed E-state index contributed by atoms with van der Waals surface area (Å²) in [6.07, 6.45) is 1.73. The summed E-state index contributed by atoms with van der Waals surface area (Å²) in [5, 5.41) is 0. The molecule has 0 amide bonds. The van der Waals surface area contributed by atoms with Crippen molar-refractivity contribution in [3.63, 3.8) is 0 Å². The molecule has 0 bridgehead atoms. The van der Waals surface area contributed by atoms with Gasteiger partial charge in [0, 0.05) is 13.7 Å². The lowest BCUT2D eigenvalue weighted by atomic mass is 10.2. The van der Waals surface area contributed by atoms with Gasteiger partial charge >= 0.3 is 18.1 Å². The molecule has 1 saturated heterocycles. The monoisotopic (exact) mass is 334 g/mol. The molecule has 0 saturated carbocycles. The average molecular weight is 334 g/mol. The van der Waals surface area contributed by atoms with Crippen LogP contribution in [0.1, 0.15) is 12.8 Å². The number of methoxy groups -OCH3 is 1. The second kappa shape index (κ2) is 9.88. The molecule has 0 aromatic heterocycles. The summed E-state index contributed by atoms with van der Waals surface area (Å²) in [5.74, 6) is 0. The van der Waals surface area contributed by atoms with Gasteiger partial charge in [-0.05, 0) is 12.8 Å². The van der Waals surface area contributed by atoms with Gasteiger partial charge in [0.15, 0.2) is 0 Å². The topological polar surface area (TPSA) is 158 Å². The van der Waals surface area contributed by atoms with Gasteiger partial charge in [-0.1, -0.05) is 0 Å². The Morgan fingerprint density at radius 3 is 2.00 bits per heavy atom. The van der Waals surface area contributed by atoms with Crippen LogP contribution in [-0.2, 0) is 18.3 Å². The minimum absolute atomic E-state index is 0.00772. The van der Waals surface area contributed by atoms with Crippen LogP contribution >= 0.6 is 0 Å². The fourth-order valence-corrected chi connectivity index (χ4v) is 2.01. The van der Waals surface area contributed by atoms with E-state index in [1.54, 1.807) is 0 Å². The predicted molar refractivity (Wildman–Crippen MR) is 67.6 cm³/mol. The average Bonchev–Trinajstić information content (AvgIpc) is 2.78. The lowest BCUT2D eigenvalue weighted by Gasteiger charge is -2.13. The Bertz CT molecular complexity index is 234. The maximum atomic E-state index is 8.45. The summed E-state index contributed by atoms with van der Waals surface area (Å²) in [7, 11) is -7.14. The predicted octanol–water partition coefficient (Wildman–Crippen LogP) is -3.34. The summed E-state index contributed by atoms with van der Waals surface area (Å²) in [6.45, 7) is 0.975. The molecule has 1 atom stereocenters. The third-order valence-electron chi connectivity index (χ3n) is 2.07. The van der Waals surface area contributed by atoms with E-state index in [1.165, 1.54) is 7.11 Å². The molecular formula is C8H22O10Si2. The highest BCUT2D eigenvalue weighted by Gasteiger charge is 2.32. The van der Waals surface area contributed by atoms with Crippen molar-refractivity contribution in [2.75, 3.05) is 33.5 Å². The molecule has 0 aliphatic carbocycles. The van der Waals surface area contributed by atoms with E-state index < -0.39 is 18.1 Å². The van der Waals surface area contributed by atoms with E-state index in [-0.39, 0.29) is 25.9 Å². The maximum absolute atomic E-state index is 8.45. The molecule has 12 heteroatoms. The first-order valence-corrected chi connectivity index (χ1v) is 9.36. The quantitative estimate of drug-likeness (QED) is 0.205. The van der Waals surface area contributed by atoms with Crippen LogP contribution in [0.4, 0.5) is 0 Å². The van der Waals surface area contributed by atoms with Crippen LogP contribution in [0.15, 0.2) is 0 Å². The Morgan fingerprint density at radius 1 is 1.00 bits per heavy atom. The second-order valence-electron chi connectivity index (χ2n) is 3.94. The van der Waals surface area contributed by atoms with E-state index in [1.807, 2.05) is 0 Å². The number of ether oxygens (including phenoxy) is 2. The van der Waals surface area contributed by atoms with Crippen LogP contribution in [0.25, 0.3) is 0 Å². The van der Waals surface area contributed by atoms with Crippen molar-refractivity contribution in [1.82, 2.24) is 0 Å². The molecule has 20 heavy (non-hydrogen) atoms. The van der Waals surface area contributed by atoms with Crippen LogP contribution in [0, 0.1) is 0 Å². The number of rotatable bonds is 7. The van der Waals surface area contributed by atoms with Gasteiger partial charge in [-0.15, -0.1) is 0 Å². The Hall–Kier alpha value is 0.0338. The van der Waals surface area contributed by atoms with Crippen LogP contribution < -0.4 is 0 Å². The van der Waals surface area contributed by atoms with Crippen molar-refractivity contribution in [3.8, 4) is 0 Å². The number of hydrogen-bond acceptors (Lipinski definition) is 10. The van der Waals surface area contributed by atoms with Gasteiger partial charge in [0.25, 0.3) is 0 Å². The van der Waals surface area contributed by atoms with Gasteiger partial charge in [0.05, 0.1) is 25.9 Å². The maximum Gasteiger partial charge on any atom is 0.671 e. The minimum Gasteiger partial charge on any atom is -0.382 e. The molecule has 0 spiro atoms. The Balaban J connectivity index is 0.000000370. The Kier molecular flexibility index (Phi) is 9.89. The molecule has 122 valence electrons. The van der Waals surface area contributed by atoms with Crippen molar-refractivity contribution >= 4 is 18.1 Å². The SMILES string of the molecule is COCCO[Si](O)(O)O.O[Si](O)(O)OCC1CCCO1. The first kappa shape index (κ1) is 20.0. The Morgan fingerprint density at radius 2 is 1.60 bits per heavy atom. The van der Waals surface area contributed by atoms with Gasteiger partial charge in [0.1, 0.15) is 0 Å². The molecule has 1 unspecified atom stereocenters.